The molecule has 3 rings (SSSR count). The molecule has 28 heavy (non-hydrogen) atoms. The molecule has 2 N–H and O–H groups in total. The third kappa shape index (κ3) is 3.87. The fraction of sp³-hybridized carbons (Fsp3) is 0.500. The summed E-state index contributed by atoms with van der Waals surface area (Å²) in [4.78, 5) is 27.2. The molecule has 0 saturated carbocycles. The lowest BCUT2D eigenvalue weighted by molar-refractivity contribution is -0.114. The number of methoxy groups -OCH3 is 1. The van der Waals surface area contributed by atoms with E-state index in [9.17, 15) is 14.9 Å². The first-order valence-corrected chi connectivity index (χ1v) is 9.76. The number of benzene rings is 1. The standard InChI is InChI=1S/C22H27N3O3/c1-22(28-2)7-10-25(11-8-22)21-17-12-16(19(26)4-3-9-23)6-5-15(17)13-20(27)18(21)14-24/h5-6,12H,3-4,7-11,13,23H2,1-2H3. The van der Waals surface area contributed by atoms with Gasteiger partial charge in [0, 0.05) is 44.2 Å². The van der Waals surface area contributed by atoms with Gasteiger partial charge < -0.3 is 15.4 Å². The van der Waals surface area contributed by atoms with Crippen molar-refractivity contribution >= 4 is 17.3 Å². The van der Waals surface area contributed by atoms with Crippen LogP contribution < -0.4 is 5.73 Å². The van der Waals surface area contributed by atoms with Crippen LogP contribution in [0.5, 0.6) is 0 Å². The first-order chi connectivity index (χ1) is 13.4. The van der Waals surface area contributed by atoms with Gasteiger partial charge in [-0.25, -0.2) is 0 Å². The second-order valence-electron chi connectivity index (χ2n) is 7.76. The fourth-order valence-electron chi connectivity index (χ4n) is 3.91. The number of likely N-dealkylation sites (tertiary alicyclic amines) is 1. The highest BCUT2D eigenvalue weighted by Gasteiger charge is 2.35. The van der Waals surface area contributed by atoms with Gasteiger partial charge in [-0.15, -0.1) is 0 Å². The maximum absolute atomic E-state index is 12.6. The molecule has 1 aliphatic carbocycles. The third-order valence-electron chi connectivity index (χ3n) is 5.90. The minimum atomic E-state index is -0.189. The van der Waals surface area contributed by atoms with Crippen molar-refractivity contribution < 1.29 is 14.3 Å². The van der Waals surface area contributed by atoms with Crippen molar-refractivity contribution in [2.75, 3.05) is 26.7 Å². The first-order valence-electron chi connectivity index (χ1n) is 9.76. The Hall–Kier alpha value is -2.49. The van der Waals surface area contributed by atoms with E-state index in [1.807, 2.05) is 12.1 Å². The topological polar surface area (TPSA) is 96.4 Å². The summed E-state index contributed by atoms with van der Waals surface area (Å²) in [7, 11) is 1.72. The van der Waals surface area contributed by atoms with Gasteiger partial charge in [0.2, 0.25) is 0 Å². The molecule has 0 unspecified atom stereocenters. The zero-order valence-corrected chi connectivity index (χ0v) is 16.6. The van der Waals surface area contributed by atoms with Crippen LogP contribution in [0.25, 0.3) is 5.70 Å². The molecule has 0 radical (unpaired) electrons. The van der Waals surface area contributed by atoms with Gasteiger partial charge in [0.05, 0.1) is 11.3 Å². The number of allylic oxidation sites excluding steroid dienone is 1. The van der Waals surface area contributed by atoms with Crippen molar-refractivity contribution in [1.29, 1.82) is 5.26 Å². The summed E-state index contributed by atoms with van der Waals surface area (Å²) in [5, 5.41) is 9.67. The Morgan fingerprint density at radius 1 is 1.36 bits per heavy atom. The largest absolute Gasteiger partial charge is 0.378 e. The van der Waals surface area contributed by atoms with Crippen LogP contribution in [0.3, 0.4) is 0 Å². The monoisotopic (exact) mass is 381 g/mol. The maximum Gasteiger partial charge on any atom is 0.179 e. The van der Waals surface area contributed by atoms with Crippen LogP contribution in [-0.2, 0) is 16.0 Å². The zero-order chi connectivity index (χ0) is 20.3. The highest BCUT2D eigenvalue weighted by Crippen LogP contribution is 2.36. The van der Waals surface area contributed by atoms with Gasteiger partial charge in [0.25, 0.3) is 0 Å². The van der Waals surface area contributed by atoms with Crippen LogP contribution in [0, 0.1) is 11.3 Å². The SMILES string of the molecule is COC1(C)CCN(C2=C(C#N)C(=O)Cc3ccc(C(=O)CCCN)cc32)CC1. The van der Waals surface area contributed by atoms with E-state index < -0.39 is 0 Å². The molecule has 1 aromatic rings. The van der Waals surface area contributed by atoms with Crippen molar-refractivity contribution in [3.05, 3.63) is 40.5 Å². The molecule has 1 aliphatic heterocycles. The molecule has 148 valence electrons. The highest BCUT2D eigenvalue weighted by atomic mass is 16.5. The lowest BCUT2D eigenvalue weighted by atomic mass is 9.84. The number of carbonyl (C=O) groups is 2. The minimum Gasteiger partial charge on any atom is -0.378 e. The summed E-state index contributed by atoms with van der Waals surface area (Å²) in [5.41, 5.74) is 8.50. The number of ketones is 2. The van der Waals surface area contributed by atoms with E-state index in [1.165, 1.54) is 0 Å². The Morgan fingerprint density at radius 3 is 2.68 bits per heavy atom. The van der Waals surface area contributed by atoms with Crippen molar-refractivity contribution in [2.45, 2.75) is 44.6 Å². The number of ether oxygens (including phenoxy) is 1. The van der Waals surface area contributed by atoms with E-state index in [2.05, 4.69) is 17.9 Å². The molecule has 1 heterocycles. The summed E-state index contributed by atoms with van der Waals surface area (Å²) in [6.07, 6.45) is 2.86. The quantitative estimate of drug-likeness (QED) is 0.761. The van der Waals surface area contributed by atoms with E-state index in [-0.39, 0.29) is 29.2 Å². The Kier molecular flexibility index (Phi) is 5.97. The number of nitrogens with two attached hydrogens (primary N) is 1. The van der Waals surface area contributed by atoms with Gasteiger partial charge in [-0.1, -0.05) is 12.1 Å². The second-order valence-corrected chi connectivity index (χ2v) is 7.76. The van der Waals surface area contributed by atoms with Crippen LogP contribution in [-0.4, -0.2) is 48.8 Å². The number of Topliss-reactive ketones (excluding diaryl/α,β-unsaturated/α-hetero) is 2. The molecule has 6 nitrogen and oxygen atoms in total. The first kappa shape index (κ1) is 20.2. The number of hydrogen-bond donors (Lipinski definition) is 1. The molecule has 0 aromatic heterocycles. The summed E-state index contributed by atoms with van der Waals surface area (Å²) in [6.45, 7) is 3.95. The van der Waals surface area contributed by atoms with Gasteiger partial charge in [-0.05, 0) is 44.4 Å². The van der Waals surface area contributed by atoms with E-state index >= 15 is 0 Å². The molecule has 1 fully saturated rings. The van der Waals surface area contributed by atoms with Crippen molar-refractivity contribution in [2.24, 2.45) is 5.73 Å². The molecule has 1 aromatic carbocycles. The van der Waals surface area contributed by atoms with Gasteiger partial charge in [-0.3, -0.25) is 9.59 Å². The molecule has 6 heteroatoms. The number of carbonyl (C=O) groups excluding carboxylic acids is 2. The molecular formula is C22H27N3O3. The Morgan fingerprint density at radius 2 is 2.07 bits per heavy atom. The summed E-state index contributed by atoms with van der Waals surface area (Å²) in [5.74, 6) is -0.124. The number of nitriles is 1. The van der Waals surface area contributed by atoms with Crippen LogP contribution in [0.2, 0.25) is 0 Å². The molecule has 0 amide bonds. The van der Waals surface area contributed by atoms with Crippen molar-refractivity contribution in [3.63, 3.8) is 0 Å². The van der Waals surface area contributed by atoms with E-state index in [4.69, 9.17) is 10.5 Å². The number of fused-ring (bicyclic) bond motifs is 1. The summed E-state index contributed by atoms with van der Waals surface area (Å²) >= 11 is 0. The van der Waals surface area contributed by atoms with E-state index in [0.717, 1.165) is 24.0 Å². The molecule has 0 spiro atoms. The van der Waals surface area contributed by atoms with Crippen LogP contribution >= 0.6 is 0 Å². The third-order valence-corrected chi connectivity index (χ3v) is 5.90. The lowest BCUT2D eigenvalue weighted by Gasteiger charge is -2.41. The number of hydrogen-bond acceptors (Lipinski definition) is 6. The minimum absolute atomic E-state index is 0.0357. The van der Waals surface area contributed by atoms with E-state index in [1.54, 1.807) is 13.2 Å². The molecular weight excluding hydrogens is 354 g/mol. The predicted molar refractivity (Wildman–Crippen MR) is 107 cm³/mol. The number of nitrogens with zero attached hydrogens (tertiary/aromatic N) is 2. The van der Waals surface area contributed by atoms with Crippen LogP contribution in [0.4, 0.5) is 0 Å². The average molecular weight is 381 g/mol. The Balaban J connectivity index is 1.99. The molecule has 2 aliphatic rings. The lowest BCUT2D eigenvalue weighted by Crippen LogP contribution is -2.43. The Labute approximate surface area is 165 Å². The number of rotatable bonds is 6. The zero-order valence-electron chi connectivity index (χ0n) is 16.6. The predicted octanol–water partition coefficient (Wildman–Crippen LogP) is 2.47. The summed E-state index contributed by atoms with van der Waals surface area (Å²) in [6, 6.07) is 7.58. The normalized spacial score (nSPS) is 18.6. The van der Waals surface area contributed by atoms with Crippen LogP contribution in [0.15, 0.2) is 23.8 Å². The van der Waals surface area contributed by atoms with E-state index in [0.29, 0.717) is 43.7 Å². The Bertz CT molecular complexity index is 858. The molecule has 0 atom stereocenters. The van der Waals surface area contributed by atoms with Crippen LogP contribution in [0.1, 0.15) is 54.1 Å². The van der Waals surface area contributed by atoms with Crippen molar-refractivity contribution in [3.8, 4) is 6.07 Å². The smallest absolute Gasteiger partial charge is 0.179 e. The highest BCUT2D eigenvalue weighted by molar-refractivity contribution is 6.10. The van der Waals surface area contributed by atoms with Gasteiger partial charge in [0.15, 0.2) is 11.6 Å². The molecule has 1 saturated heterocycles. The van der Waals surface area contributed by atoms with Gasteiger partial charge in [0.1, 0.15) is 11.6 Å². The van der Waals surface area contributed by atoms with Gasteiger partial charge in [-0.2, -0.15) is 5.26 Å². The summed E-state index contributed by atoms with van der Waals surface area (Å²) < 4.78 is 5.62. The maximum atomic E-state index is 12.6. The average Bonchev–Trinajstić information content (AvgIpc) is 2.71. The fourth-order valence-corrected chi connectivity index (χ4v) is 3.91. The second kappa shape index (κ2) is 8.26. The van der Waals surface area contributed by atoms with Gasteiger partial charge >= 0.3 is 0 Å². The van der Waals surface area contributed by atoms with Crippen molar-refractivity contribution in [1.82, 2.24) is 4.90 Å². The number of piperidine rings is 1. The molecule has 0 bridgehead atoms.